The Morgan fingerprint density at radius 1 is 1.43 bits per heavy atom. The third kappa shape index (κ3) is 3.15. The summed E-state index contributed by atoms with van der Waals surface area (Å²) in [6.07, 6.45) is 3.55. The molecule has 1 aromatic heterocycles. The predicted octanol–water partition coefficient (Wildman–Crippen LogP) is 2.36. The van der Waals surface area contributed by atoms with Gasteiger partial charge in [-0.05, 0) is 45.4 Å². The summed E-state index contributed by atoms with van der Waals surface area (Å²) in [5, 5.41) is 3.51. The molecule has 116 valence electrons. The van der Waals surface area contributed by atoms with Crippen molar-refractivity contribution in [2.75, 3.05) is 20.1 Å². The molecule has 2 atom stereocenters. The Hall–Kier alpha value is -0.910. The molecular formula is C16H25N3OS. The Morgan fingerprint density at radius 3 is 2.76 bits per heavy atom. The van der Waals surface area contributed by atoms with Crippen LogP contribution in [0.5, 0.6) is 0 Å². The summed E-state index contributed by atoms with van der Waals surface area (Å²) in [5.74, 6) is 0.262. The van der Waals surface area contributed by atoms with E-state index >= 15 is 0 Å². The molecule has 0 spiro atoms. The van der Waals surface area contributed by atoms with Gasteiger partial charge < -0.3 is 9.80 Å². The molecule has 0 aromatic carbocycles. The first kappa shape index (κ1) is 15.0. The molecule has 5 heteroatoms. The maximum Gasteiger partial charge on any atom is 0.241 e. The number of thiophene rings is 1. The van der Waals surface area contributed by atoms with Gasteiger partial charge in [-0.1, -0.05) is 6.92 Å². The van der Waals surface area contributed by atoms with Crippen molar-refractivity contribution in [3.05, 3.63) is 21.9 Å². The maximum atomic E-state index is 12.6. The lowest BCUT2D eigenvalue weighted by atomic mass is 10.2. The summed E-state index contributed by atoms with van der Waals surface area (Å²) in [4.78, 5) is 19.6. The molecule has 1 aliphatic heterocycles. The molecule has 1 saturated carbocycles. The van der Waals surface area contributed by atoms with Crippen LogP contribution in [0.2, 0.25) is 0 Å². The first-order valence-corrected chi connectivity index (χ1v) is 8.75. The average Bonchev–Trinajstić information content (AvgIpc) is 3.16. The van der Waals surface area contributed by atoms with Crippen LogP contribution >= 0.6 is 11.3 Å². The molecule has 21 heavy (non-hydrogen) atoms. The second-order valence-corrected chi connectivity index (χ2v) is 7.54. The van der Waals surface area contributed by atoms with Crippen LogP contribution in [0.3, 0.4) is 0 Å². The third-order valence-corrected chi connectivity index (χ3v) is 5.61. The van der Waals surface area contributed by atoms with Crippen molar-refractivity contribution in [3.63, 3.8) is 0 Å². The Balaban J connectivity index is 1.71. The summed E-state index contributed by atoms with van der Waals surface area (Å²) in [5.41, 5.74) is 0. The Labute approximate surface area is 131 Å². The van der Waals surface area contributed by atoms with Gasteiger partial charge in [0.15, 0.2) is 0 Å². The van der Waals surface area contributed by atoms with E-state index in [1.807, 2.05) is 4.90 Å². The van der Waals surface area contributed by atoms with E-state index in [9.17, 15) is 4.79 Å². The highest BCUT2D eigenvalue weighted by molar-refractivity contribution is 7.12. The fourth-order valence-corrected chi connectivity index (χ4v) is 3.96. The topological polar surface area (TPSA) is 35.6 Å². The van der Waals surface area contributed by atoms with Gasteiger partial charge in [0.05, 0.1) is 6.04 Å². The van der Waals surface area contributed by atoms with Crippen LogP contribution in [-0.4, -0.2) is 47.9 Å². The number of nitrogens with zero attached hydrogens (tertiary/aromatic N) is 2. The molecule has 1 amide bonds. The number of hydrogen-bond donors (Lipinski definition) is 1. The molecule has 2 aliphatic rings. The lowest BCUT2D eigenvalue weighted by Crippen LogP contribution is -2.37. The van der Waals surface area contributed by atoms with E-state index in [2.05, 4.69) is 43.2 Å². The van der Waals surface area contributed by atoms with Gasteiger partial charge in [-0.15, -0.1) is 11.3 Å². The molecule has 3 rings (SSSR count). The van der Waals surface area contributed by atoms with Crippen molar-refractivity contribution in [2.24, 2.45) is 0 Å². The zero-order valence-electron chi connectivity index (χ0n) is 13.1. The van der Waals surface area contributed by atoms with Gasteiger partial charge in [-0.25, -0.2) is 0 Å². The summed E-state index contributed by atoms with van der Waals surface area (Å²) in [6, 6.07) is 5.02. The fraction of sp³-hybridized carbons (Fsp3) is 0.688. The molecule has 2 heterocycles. The SMILES string of the molecule is CCC1NC(c2ccc(C)s2)N(CCN(C)C2CC2)C1=O. The minimum atomic E-state index is -0.0244. The number of carbonyl (C=O) groups is 1. The zero-order chi connectivity index (χ0) is 15.0. The van der Waals surface area contributed by atoms with Gasteiger partial charge in [0.25, 0.3) is 0 Å². The second kappa shape index (κ2) is 6.07. The summed E-state index contributed by atoms with van der Waals surface area (Å²) in [6.45, 7) is 5.98. The summed E-state index contributed by atoms with van der Waals surface area (Å²) >= 11 is 1.79. The Kier molecular flexibility index (Phi) is 4.33. The monoisotopic (exact) mass is 307 g/mol. The molecule has 1 aromatic rings. The molecule has 0 radical (unpaired) electrons. The van der Waals surface area contributed by atoms with Crippen molar-refractivity contribution in [1.82, 2.24) is 15.1 Å². The fourth-order valence-electron chi connectivity index (χ4n) is 3.01. The van der Waals surface area contributed by atoms with Crippen LogP contribution in [0, 0.1) is 6.92 Å². The highest BCUT2D eigenvalue weighted by Crippen LogP contribution is 2.31. The number of aryl methyl sites for hydroxylation is 1. The highest BCUT2D eigenvalue weighted by atomic mass is 32.1. The number of carbonyl (C=O) groups excluding carboxylic acids is 1. The molecule has 1 N–H and O–H groups in total. The van der Waals surface area contributed by atoms with E-state index < -0.39 is 0 Å². The Bertz CT molecular complexity index is 511. The van der Waals surface area contributed by atoms with Gasteiger partial charge in [0.1, 0.15) is 6.17 Å². The number of amides is 1. The van der Waals surface area contributed by atoms with E-state index in [0.29, 0.717) is 0 Å². The standard InChI is InChI=1S/C16H25N3OS/c1-4-13-16(20)19(10-9-18(3)12-6-7-12)15(17-13)14-8-5-11(2)21-14/h5,8,12-13,15,17H,4,6-7,9-10H2,1-3H3. The lowest BCUT2D eigenvalue weighted by molar-refractivity contribution is -0.130. The van der Waals surface area contributed by atoms with E-state index in [4.69, 9.17) is 0 Å². The number of likely N-dealkylation sites (N-methyl/N-ethyl adjacent to an activating group) is 1. The van der Waals surface area contributed by atoms with Crippen LogP contribution in [0.1, 0.15) is 42.1 Å². The quantitative estimate of drug-likeness (QED) is 0.876. The van der Waals surface area contributed by atoms with Crippen LogP contribution < -0.4 is 5.32 Å². The largest absolute Gasteiger partial charge is 0.319 e. The molecular weight excluding hydrogens is 282 g/mol. The van der Waals surface area contributed by atoms with Crippen molar-refractivity contribution >= 4 is 17.2 Å². The van der Waals surface area contributed by atoms with E-state index in [-0.39, 0.29) is 18.1 Å². The average molecular weight is 307 g/mol. The minimum Gasteiger partial charge on any atom is -0.319 e. The van der Waals surface area contributed by atoms with Gasteiger partial charge in [-0.2, -0.15) is 0 Å². The van der Waals surface area contributed by atoms with Crippen LogP contribution in [0.4, 0.5) is 0 Å². The first-order chi connectivity index (χ1) is 10.1. The van der Waals surface area contributed by atoms with Gasteiger partial charge in [0, 0.05) is 28.9 Å². The van der Waals surface area contributed by atoms with Crippen LogP contribution in [-0.2, 0) is 4.79 Å². The van der Waals surface area contributed by atoms with Crippen molar-refractivity contribution in [1.29, 1.82) is 0 Å². The number of nitrogens with one attached hydrogen (secondary N) is 1. The van der Waals surface area contributed by atoms with Crippen molar-refractivity contribution in [3.8, 4) is 0 Å². The van der Waals surface area contributed by atoms with E-state index in [1.165, 1.54) is 22.6 Å². The third-order valence-electron chi connectivity index (χ3n) is 4.55. The van der Waals surface area contributed by atoms with Crippen LogP contribution in [0.15, 0.2) is 12.1 Å². The zero-order valence-corrected chi connectivity index (χ0v) is 13.9. The molecule has 1 saturated heterocycles. The van der Waals surface area contributed by atoms with Crippen molar-refractivity contribution in [2.45, 2.75) is 51.4 Å². The number of hydrogen-bond acceptors (Lipinski definition) is 4. The van der Waals surface area contributed by atoms with E-state index in [0.717, 1.165) is 25.6 Å². The normalized spacial score (nSPS) is 26.1. The smallest absolute Gasteiger partial charge is 0.241 e. The van der Waals surface area contributed by atoms with Gasteiger partial charge >= 0.3 is 0 Å². The summed E-state index contributed by atoms with van der Waals surface area (Å²) in [7, 11) is 2.17. The molecule has 2 unspecified atom stereocenters. The molecule has 0 bridgehead atoms. The number of rotatable bonds is 6. The highest BCUT2D eigenvalue weighted by Gasteiger charge is 2.39. The minimum absolute atomic E-state index is 0.0244. The molecule has 1 aliphatic carbocycles. The molecule has 2 fully saturated rings. The van der Waals surface area contributed by atoms with Crippen LogP contribution in [0.25, 0.3) is 0 Å². The second-order valence-electron chi connectivity index (χ2n) is 6.22. The van der Waals surface area contributed by atoms with Crippen molar-refractivity contribution < 1.29 is 4.79 Å². The van der Waals surface area contributed by atoms with E-state index in [1.54, 1.807) is 11.3 Å². The lowest BCUT2D eigenvalue weighted by Gasteiger charge is -2.26. The maximum absolute atomic E-state index is 12.6. The van der Waals surface area contributed by atoms with Gasteiger partial charge in [0.2, 0.25) is 5.91 Å². The molecule has 4 nitrogen and oxygen atoms in total. The summed E-state index contributed by atoms with van der Waals surface area (Å²) < 4.78 is 0. The Morgan fingerprint density at radius 2 is 2.19 bits per heavy atom. The first-order valence-electron chi connectivity index (χ1n) is 7.93. The predicted molar refractivity (Wildman–Crippen MR) is 86.4 cm³/mol. The van der Waals surface area contributed by atoms with Gasteiger partial charge in [-0.3, -0.25) is 10.1 Å².